The minimum atomic E-state index is 0.325. The second-order valence-electron chi connectivity index (χ2n) is 3.90. The summed E-state index contributed by atoms with van der Waals surface area (Å²) in [5.41, 5.74) is 1.67. The first-order valence-corrected chi connectivity index (χ1v) is 7.04. The lowest BCUT2D eigenvalue weighted by Crippen LogP contribution is -2.01. The van der Waals surface area contributed by atoms with E-state index >= 15 is 0 Å². The average molecular weight is 347 g/mol. The minimum Gasteiger partial charge on any atom is -0.493 e. The van der Waals surface area contributed by atoms with Crippen LogP contribution < -0.4 is 9.47 Å². The highest BCUT2D eigenvalue weighted by atomic mass is 79.9. The van der Waals surface area contributed by atoms with Crippen molar-refractivity contribution in [2.24, 2.45) is 7.05 Å². The van der Waals surface area contributed by atoms with Crippen LogP contribution in [0.15, 0.2) is 18.3 Å². The lowest BCUT2D eigenvalue weighted by atomic mass is 10.2. The van der Waals surface area contributed by atoms with Gasteiger partial charge < -0.3 is 9.47 Å². The molecule has 0 amide bonds. The molecular weight excluding hydrogens is 334 g/mol. The van der Waals surface area contributed by atoms with Crippen LogP contribution in [0.1, 0.15) is 11.3 Å². The van der Waals surface area contributed by atoms with Crippen LogP contribution in [-0.2, 0) is 19.0 Å². The Hall–Kier alpha value is -1.27. The van der Waals surface area contributed by atoms with Crippen LogP contribution >= 0.6 is 27.5 Å². The molecule has 0 saturated heterocycles. The van der Waals surface area contributed by atoms with E-state index in [1.807, 2.05) is 13.1 Å². The number of hydrogen-bond acceptors (Lipinski definition) is 4. The molecule has 1 aromatic heterocycles. The zero-order valence-electron chi connectivity index (χ0n) is 10.6. The molecular formula is C12H13BrClN3O2. The second kappa shape index (κ2) is 6.25. The molecule has 0 spiro atoms. The van der Waals surface area contributed by atoms with Crippen molar-refractivity contribution in [2.45, 2.75) is 11.9 Å². The van der Waals surface area contributed by atoms with Crippen molar-refractivity contribution in [1.82, 2.24) is 15.0 Å². The van der Waals surface area contributed by atoms with Gasteiger partial charge in [0, 0.05) is 29.0 Å². The lowest BCUT2D eigenvalue weighted by molar-refractivity contribution is 0.278. The van der Waals surface area contributed by atoms with Crippen LogP contribution in [0.25, 0.3) is 0 Å². The van der Waals surface area contributed by atoms with E-state index in [-0.39, 0.29) is 0 Å². The molecule has 0 fully saturated rings. The van der Waals surface area contributed by atoms with E-state index in [4.69, 9.17) is 21.1 Å². The van der Waals surface area contributed by atoms with Crippen molar-refractivity contribution < 1.29 is 9.47 Å². The van der Waals surface area contributed by atoms with E-state index in [1.54, 1.807) is 24.1 Å². The fourth-order valence-electron chi connectivity index (χ4n) is 1.64. The highest BCUT2D eigenvalue weighted by molar-refractivity contribution is 9.08. The summed E-state index contributed by atoms with van der Waals surface area (Å²) < 4.78 is 12.7. The normalized spacial score (nSPS) is 10.5. The zero-order chi connectivity index (χ0) is 13.8. The molecule has 0 radical (unpaired) electrons. The molecule has 2 rings (SSSR count). The summed E-state index contributed by atoms with van der Waals surface area (Å²) in [6, 6.07) is 3.56. The highest BCUT2D eigenvalue weighted by Crippen LogP contribution is 2.36. The first-order chi connectivity index (χ1) is 9.13. The largest absolute Gasteiger partial charge is 0.493 e. The van der Waals surface area contributed by atoms with Crippen LogP contribution in [0.3, 0.4) is 0 Å². The number of alkyl halides is 1. The van der Waals surface area contributed by atoms with Gasteiger partial charge in [-0.05, 0) is 6.07 Å². The SMILES string of the molecule is COc1cc(Cl)cc(CBr)c1OCc1cn(C)nn1. The van der Waals surface area contributed by atoms with Gasteiger partial charge >= 0.3 is 0 Å². The molecule has 102 valence electrons. The molecule has 0 aliphatic heterocycles. The smallest absolute Gasteiger partial charge is 0.165 e. The Kier molecular flexibility index (Phi) is 4.66. The topological polar surface area (TPSA) is 49.2 Å². The molecule has 1 heterocycles. The van der Waals surface area contributed by atoms with Crippen LogP contribution in [0.4, 0.5) is 0 Å². The number of nitrogens with zero attached hydrogens (tertiary/aromatic N) is 3. The Morgan fingerprint density at radius 1 is 1.42 bits per heavy atom. The Balaban J connectivity index is 2.23. The van der Waals surface area contributed by atoms with Gasteiger partial charge in [0.15, 0.2) is 11.5 Å². The maximum absolute atomic E-state index is 6.02. The second-order valence-corrected chi connectivity index (χ2v) is 4.90. The van der Waals surface area contributed by atoms with E-state index < -0.39 is 0 Å². The first-order valence-electron chi connectivity index (χ1n) is 5.54. The third-order valence-corrected chi connectivity index (χ3v) is 3.30. The Morgan fingerprint density at radius 2 is 2.21 bits per heavy atom. The molecule has 7 heteroatoms. The highest BCUT2D eigenvalue weighted by Gasteiger charge is 2.13. The van der Waals surface area contributed by atoms with Gasteiger partial charge in [-0.15, -0.1) is 5.10 Å². The molecule has 0 saturated carbocycles. The summed E-state index contributed by atoms with van der Waals surface area (Å²) >= 11 is 9.43. The summed E-state index contributed by atoms with van der Waals surface area (Å²) in [4.78, 5) is 0. The Labute approximate surface area is 124 Å². The average Bonchev–Trinajstić information content (AvgIpc) is 2.81. The first kappa shape index (κ1) is 14.1. The number of aromatic nitrogens is 3. The van der Waals surface area contributed by atoms with Gasteiger partial charge in [-0.1, -0.05) is 32.7 Å². The monoisotopic (exact) mass is 345 g/mol. The minimum absolute atomic E-state index is 0.325. The van der Waals surface area contributed by atoms with Gasteiger partial charge in [-0.2, -0.15) is 0 Å². The summed E-state index contributed by atoms with van der Waals surface area (Å²) in [6.07, 6.45) is 1.80. The van der Waals surface area contributed by atoms with Crippen LogP contribution in [-0.4, -0.2) is 22.1 Å². The third kappa shape index (κ3) is 3.39. The van der Waals surface area contributed by atoms with E-state index in [0.717, 1.165) is 11.3 Å². The van der Waals surface area contributed by atoms with E-state index in [1.165, 1.54) is 0 Å². The molecule has 0 N–H and O–H groups in total. The number of ether oxygens (including phenoxy) is 2. The van der Waals surface area contributed by atoms with Crippen LogP contribution in [0, 0.1) is 0 Å². The molecule has 0 bridgehead atoms. The van der Waals surface area contributed by atoms with Crippen LogP contribution in [0.2, 0.25) is 5.02 Å². The summed E-state index contributed by atoms with van der Waals surface area (Å²) in [6.45, 7) is 0.325. The van der Waals surface area contributed by atoms with Gasteiger partial charge in [-0.3, -0.25) is 4.68 Å². The molecule has 0 atom stereocenters. The molecule has 0 unspecified atom stereocenters. The third-order valence-electron chi connectivity index (χ3n) is 2.47. The number of hydrogen-bond donors (Lipinski definition) is 0. The van der Waals surface area contributed by atoms with Crippen LogP contribution in [0.5, 0.6) is 11.5 Å². The van der Waals surface area contributed by atoms with Crippen molar-refractivity contribution in [1.29, 1.82) is 0 Å². The number of halogens is 2. The molecule has 19 heavy (non-hydrogen) atoms. The number of rotatable bonds is 5. The van der Waals surface area contributed by atoms with E-state index in [9.17, 15) is 0 Å². The van der Waals surface area contributed by atoms with Crippen molar-refractivity contribution >= 4 is 27.5 Å². The Morgan fingerprint density at radius 3 is 2.79 bits per heavy atom. The van der Waals surface area contributed by atoms with Gasteiger partial charge in [-0.25, -0.2) is 0 Å². The summed E-state index contributed by atoms with van der Waals surface area (Å²) in [5.74, 6) is 1.26. The maximum Gasteiger partial charge on any atom is 0.165 e. The van der Waals surface area contributed by atoms with Gasteiger partial charge in [0.2, 0.25) is 0 Å². The predicted molar refractivity (Wildman–Crippen MR) is 76.0 cm³/mol. The van der Waals surface area contributed by atoms with Gasteiger partial charge in [0.05, 0.1) is 13.3 Å². The zero-order valence-corrected chi connectivity index (χ0v) is 12.9. The molecule has 0 aliphatic rings. The van der Waals surface area contributed by atoms with Gasteiger partial charge in [0.1, 0.15) is 12.3 Å². The van der Waals surface area contributed by atoms with Gasteiger partial charge in [0.25, 0.3) is 0 Å². The van der Waals surface area contributed by atoms with E-state index in [0.29, 0.717) is 28.5 Å². The van der Waals surface area contributed by atoms with Crippen molar-refractivity contribution in [3.63, 3.8) is 0 Å². The number of benzene rings is 1. The lowest BCUT2D eigenvalue weighted by Gasteiger charge is -2.13. The number of methoxy groups -OCH3 is 1. The maximum atomic E-state index is 6.02. The van der Waals surface area contributed by atoms with Crippen molar-refractivity contribution in [2.75, 3.05) is 7.11 Å². The standard InChI is InChI=1S/C12H13BrClN3O2/c1-17-6-10(15-16-17)7-19-12-8(5-13)3-9(14)4-11(12)18-2/h3-4,6H,5,7H2,1-2H3. The van der Waals surface area contributed by atoms with E-state index in [2.05, 4.69) is 26.2 Å². The molecule has 1 aromatic carbocycles. The summed E-state index contributed by atoms with van der Waals surface area (Å²) in [5, 5.41) is 9.06. The quantitative estimate of drug-likeness (QED) is 0.781. The fraction of sp³-hybridized carbons (Fsp3) is 0.333. The number of aryl methyl sites for hydroxylation is 1. The molecule has 0 aliphatic carbocycles. The Bertz CT molecular complexity index is 549. The molecule has 2 aromatic rings. The summed E-state index contributed by atoms with van der Waals surface area (Å²) in [7, 11) is 3.39. The predicted octanol–water partition coefficient (Wildman–Crippen LogP) is 2.95. The van der Waals surface area contributed by atoms with Crippen molar-refractivity contribution in [3.05, 3.63) is 34.6 Å². The fourth-order valence-corrected chi connectivity index (χ4v) is 2.29. The molecule has 5 nitrogen and oxygen atoms in total. The van der Waals surface area contributed by atoms with Crippen molar-refractivity contribution in [3.8, 4) is 11.5 Å².